The van der Waals surface area contributed by atoms with Gasteiger partial charge in [0.15, 0.2) is 0 Å². The number of halogens is 2. The Hall–Kier alpha value is -2.52. The van der Waals surface area contributed by atoms with Gasteiger partial charge in [-0.1, -0.05) is 28.1 Å². The second-order valence-electron chi connectivity index (χ2n) is 5.73. The molecule has 0 bridgehead atoms. The van der Waals surface area contributed by atoms with Crippen LogP contribution >= 0.6 is 31.9 Å². The molecular weight excluding hydrogens is 476 g/mol. The summed E-state index contributed by atoms with van der Waals surface area (Å²) in [6.45, 7) is 0.546. The van der Waals surface area contributed by atoms with E-state index in [1.165, 1.54) is 0 Å². The van der Waals surface area contributed by atoms with Crippen molar-refractivity contribution in [3.63, 3.8) is 0 Å². The molecular formula is C18H14Br2N6O. The third-order valence-corrected chi connectivity index (χ3v) is 5.25. The Morgan fingerprint density at radius 2 is 1.74 bits per heavy atom. The molecule has 27 heavy (non-hydrogen) atoms. The number of aromatic nitrogens is 6. The van der Waals surface area contributed by atoms with Crippen LogP contribution in [0.3, 0.4) is 0 Å². The van der Waals surface area contributed by atoms with Crippen molar-refractivity contribution < 1.29 is 4.74 Å². The van der Waals surface area contributed by atoms with Gasteiger partial charge in [0.25, 0.3) is 0 Å². The summed E-state index contributed by atoms with van der Waals surface area (Å²) >= 11 is 7.02. The first-order valence-electron chi connectivity index (χ1n) is 8.04. The van der Waals surface area contributed by atoms with Crippen LogP contribution in [0.5, 0.6) is 5.75 Å². The summed E-state index contributed by atoms with van der Waals surface area (Å²) in [7, 11) is 1.64. The van der Waals surface area contributed by atoms with Crippen LogP contribution in [-0.2, 0) is 6.54 Å². The maximum atomic E-state index is 5.19. The summed E-state index contributed by atoms with van der Waals surface area (Å²) < 4.78 is 8.76. The van der Waals surface area contributed by atoms with Crippen LogP contribution in [0.1, 0.15) is 5.56 Å². The predicted molar refractivity (Wildman–Crippen MR) is 108 cm³/mol. The molecule has 0 unspecified atom stereocenters. The fourth-order valence-corrected chi connectivity index (χ4v) is 3.40. The highest BCUT2D eigenvalue weighted by molar-refractivity contribution is 9.10. The van der Waals surface area contributed by atoms with Gasteiger partial charge in [-0.15, -0.1) is 10.2 Å². The average Bonchev–Trinajstić information content (AvgIpc) is 3.30. The number of benzene rings is 2. The molecule has 0 atom stereocenters. The van der Waals surface area contributed by atoms with Gasteiger partial charge in [-0.2, -0.15) is 9.90 Å². The minimum Gasteiger partial charge on any atom is -0.497 e. The zero-order chi connectivity index (χ0) is 18.8. The number of ether oxygens (including phenoxy) is 1. The summed E-state index contributed by atoms with van der Waals surface area (Å²) in [5.41, 5.74) is 2.76. The van der Waals surface area contributed by atoms with Crippen LogP contribution in [0.2, 0.25) is 0 Å². The van der Waals surface area contributed by atoms with E-state index in [9.17, 15) is 0 Å². The Morgan fingerprint density at radius 3 is 2.44 bits per heavy atom. The van der Waals surface area contributed by atoms with Gasteiger partial charge in [0.1, 0.15) is 10.4 Å². The van der Waals surface area contributed by atoms with E-state index in [0.717, 1.165) is 31.6 Å². The average molecular weight is 490 g/mol. The van der Waals surface area contributed by atoms with E-state index in [2.05, 4.69) is 52.4 Å². The molecule has 0 aliphatic heterocycles. The second-order valence-corrected chi connectivity index (χ2v) is 7.40. The van der Waals surface area contributed by atoms with E-state index in [1.54, 1.807) is 22.8 Å². The normalized spacial score (nSPS) is 10.9. The van der Waals surface area contributed by atoms with Gasteiger partial charge in [-0.25, -0.2) is 4.68 Å². The molecule has 0 aliphatic rings. The standard InChI is InChI=1S/C18H14Br2N6O/c1-27-15-8-6-14(7-9-15)26-17(20)16(10-21-26)18-22-24-25(23-18)11-12-2-4-13(19)5-3-12/h2-10H,11H2,1H3. The Labute approximate surface area is 172 Å². The number of hydrogen-bond acceptors (Lipinski definition) is 5. The van der Waals surface area contributed by atoms with E-state index in [1.807, 2.05) is 48.5 Å². The molecule has 9 heteroatoms. The lowest BCUT2D eigenvalue weighted by molar-refractivity contribution is 0.414. The third kappa shape index (κ3) is 3.79. The van der Waals surface area contributed by atoms with Gasteiger partial charge < -0.3 is 4.74 Å². The van der Waals surface area contributed by atoms with E-state index in [-0.39, 0.29) is 0 Å². The Balaban J connectivity index is 1.58. The van der Waals surface area contributed by atoms with Crippen LogP contribution in [0, 0.1) is 0 Å². The zero-order valence-corrected chi connectivity index (χ0v) is 17.4. The van der Waals surface area contributed by atoms with Gasteiger partial charge in [-0.05, 0) is 63.1 Å². The Morgan fingerprint density at radius 1 is 1.00 bits per heavy atom. The Kier molecular flexibility index (Phi) is 5.04. The molecule has 0 radical (unpaired) electrons. The highest BCUT2D eigenvalue weighted by Gasteiger charge is 2.16. The molecule has 0 spiro atoms. The first-order valence-corrected chi connectivity index (χ1v) is 9.63. The van der Waals surface area contributed by atoms with E-state index < -0.39 is 0 Å². The van der Waals surface area contributed by atoms with Gasteiger partial charge in [0, 0.05) is 4.47 Å². The lowest BCUT2D eigenvalue weighted by Crippen LogP contribution is -2.03. The topological polar surface area (TPSA) is 70.7 Å². The first-order chi connectivity index (χ1) is 13.1. The van der Waals surface area contributed by atoms with Crippen LogP contribution in [0.15, 0.2) is 63.8 Å². The molecule has 0 aliphatic carbocycles. The first kappa shape index (κ1) is 17.9. The van der Waals surface area contributed by atoms with Crippen molar-refractivity contribution in [2.24, 2.45) is 0 Å². The third-order valence-electron chi connectivity index (χ3n) is 3.96. The molecule has 136 valence electrons. The van der Waals surface area contributed by atoms with E-state index in [0.29, 0.717) is 12.4 Å². The van der Waals surface area contributed by atoms with Crippen molar-refractivity contribution in [3.05, 3.63) is 69.4 Å². The van der Waals surface area contributed by atoms with Crippen molar-refractivity contribution in [1.82, 2.24) is 30.0 Å². The summed E-state index contributed by atoms with van der Waals surface area (Å²) in [6, 6.07) is 15.6. The molecule has 2 aromatic carbocycles. The molecule has 0 amide bonds. The number of tetrazole rings is 1. The molecule has 2 heterocycles. The highest BCUT2D eigenvalue weighted by Crippen LogP contribution is 2.28. The molecule has 4 aromatic rings. The maximum absolute atomic E-state index is 5.19. The molecule has 0 saturated carbocycles. The van der Waals surface area contributed by atoms with Crippen molar-refractivity contribution in [3.8, 4) is 22.8 Å². The van der Waals surface area contributed by atoms with Crippen molar-refractivity contribution in [2.45, 2.75) is 6.54 Å². The molecule has 0 fully saturated rings. The van der Waals surface area contributed by atoms with Gasteiger partial charge in [0.2, 0.25) is 5.82 Å². The van der Waals surface area contributed by atoms with Crippen molar-refractivity contribution in [2.75, 3.05) is 7.11 Å². The zero-order valence-electron chi connectivity index (χ0n) is 14.3. The Bertz CT molecular complexity index is 1060. The van der Waals surface area contributed by atoms with Gasteiger partial charge >= 0.3 is 0 Å². The summed E-state index contributed by atoms with van der Waals surface area (Å²) in [5, 5.41) is 17.2. The monoisotopic (exact) mass is 488 g/mol. The fourth-order valence-electron chi connectivity index (χ4n) is 2.56. The lowest BCUT2D eigenvalue weighted by atomic mass is 10.2. The minimum absolute atomic E-state index is 0.513. The maximum Gasteiger partial charge on any atom is 0.209 e. The van der Waals surface area contributed by atoms with E-state index in [4.69, 9.17) is 4.74 Å². The number of hydrogen-bond donors (Lipinski definition) is 0. The fraction of sp³-hybridized carbons (Fsp3) is 0.111. The summed E-state index contributed by atoms with van der Waals surface area (Å²) in [5.74, 6) is 1.30. The number of methoxy groups -OCH3 is 1. The van der Waals surface area contributed by atoms with Crippen molar-refractivity contribution >= 4 is 31.9 Å². The van der Waals surface area contributed by atoms with E-state index >= 15 is 0 Å². The van der Waals surface area contributed by atoms with Crippen LogP contribution in [0.25, 0.3) is 17.1 Å². The predicted octanol–water partition coefficient (Wildman–Crippen LogP) is 4.11. The smallest absolute Gasteiger partial charge is 0.209 e. The molecule has 2 aromatic heterocycles. The van der Waals surface area contributed by atoms with Crippen LogP contribution < -0.4 is 4.74 Å². The largest absolute Gasteiger partial charge is 0.497 e. The molecule has 7 nitrogen and oxygen atoms in total. The minimum atomic E-state index is 0.513. The SMILES string of the molecule is COc1ccc(-n2ncc(-c3nnn(Cc4ccc(Br)cc4)n3)c2Br)cc1. The highest BCUT2D eigenvalue weighted by atomic mass is 79.9. The summed E-state index contributed by atoms with van der Waals surface area (Å²) in [4.78, 5) is 1.57. The lowest BCUT2D eigenvalue weighted by Gasteiger charge is -2.05. The number of rotatable bonds is 5. The quantitative estimate of drug-likeness (QED) is 0.422. The summed E-state index contributed by atoms with van der Waals surface area (Å²) in [6.07, 6.45) is 1.72. The van der Waals surface area contributed by atoms with Gasteiger partial charge in [-0.3, -0.25) is 0 Å². The molecule has 0 N–H and O–H groups in total. The van der Waals surface area contributed by atoms with Crippen molar-refractivity contribution in [1.29, 1.82) is 0 Å². The van der Waals surface area contributed by atoms with Gasteiger partial charge in [0.05, 0.1) is 31.1 Å². The number of nitrogens with zero attached hydrogens (tertiary/aromatic N) is 6. The molecule has 4 rings (SSSR count). The molecule has 0 saturated heterocycles. The van der Waals surface area contributed by atoms with Crippen LogP contribution in [-0.4, -0.2) is 37.1 Å². The van der Waals surface area contributed by atoms with Crippen LogP contribution in [0.4, 0.5) is 0 Å². The second kappa shape index (κ2) is 7.61.